The molecule has 0 spiro atoms. The summed E-state index contributed by atoms with van der Waals surface area (Å²) in [5.74, 6) is 0. The molecule has 0 radical (unpaired) electrons. The molecule has 2 nitrogen and oxygen atoms in total. The Kier molecular flexibility index (Phi) is 3.01. The van der Waals surface area contributed by atoms with Crippen molar-refractivity contribution in [2.24, 2.45) is 0 Å². The van der Waals surface area contributed by atoms with Gasteiger partial charge in [0.1, 0.15) is 6.23 Å². The van der Waals surface area contributed by atoms with Gasteiger partial charge >= 0.3 is 0 Å². The third-order valence-electron chi connectivity index (χ3n) is 2.96. The Morgan fingerprint density at radius 2 is 1.67 bits per heavy atom. The van der Waals surface area contributed by atoms with Crippen molar-refractivity contribution in [2.45, 2.75) is 57.2 Å². The summed E-state index contributed by atoms with van der Waals surface area (Å²) in [6.45, 7) is 0.963. The molecular weight excluding hydrogens is 150 g/mol. The minimum absolute atomic E-state index is 0.377. The van der Waals surface area contributed by atoms with E-state index in [1.807, 2.05) is 0 Å². The molecule has 1 aliphatic heterocycles. The van der Waals surface area contributed by atoms with Gasteiger partial charge in [-0.05, 0) is 32.1 Å². The van der Waals surface area contributed by atoms with Gasteiger partial charge < -0.3 is 4.74 Å². The van der Waals surface area contributed by atoms with Crippen molar-refractivity contribution in [1.29, 1.82) is 0 Å². The Morgan fingerprint density at radius 3 is 2.33 bits per heavy atom. The molecule has 1 N–H and O–H groups in total. The highest BCUT2D eigenvalue weighted by Crippen LogP contribution is 2.20. The van der Waals surface area contributed by atoms with Gasteiger partial charge in [-0.1, -0.05) is 12.8 Å². The Morgan fingerprint density at radius 1 is 0.917 bits per heavy atom. The van der Waals surface area contributed by atoms with Crippen LogP contribution in [0.2, 0.25) is 0 Å². The molecule has 2 heteroatoms. The first-order valence-corrected chi connectivity index (χ1v) is 5.33. The summed E-state index contributed by atoms with van der Waals surface area (Å²) in [4.78, 5) is 0. The van der Waals surface area contributed by atoms with Gasteiger partial charge in [0, 0.05) is 12.6 Å². The normalized spacial score (nSPS) is 32.5. The van der Waals surface area contributed by atoms with Crippen molar-refractivity contribution in [1.82, 2.24) is 5.32 Å². The summed E-state index contributed by atoms with van der Waals surface area (Å²) in [5, 5.41) is 3.60. The monoisotopic (exact) mass is 169 g/mol. The van der Waals surface area contributed by atoms with E-state index in [9.17, 15) is 0 Å². The number of nitrogens with one attached hydrogen (secondary N) is 1. The fourth-order valence-corrected chi connectivity index (χ4v) is 2.23. The molecule has 1 unspecified atom stereocenters. The Hall–Kier alpha value is -0.0800. The van der Waals surface area contributed by atoms with Crippen LogP contribution in [0.4, 0.5) is 0 Å². The lowest BCUT2D eigenvalue weighted by Gasteiger charge is -2.26. The van der Waals surface area contributed by atoms with Crippen molar-refractivity contribution in [3.63, 3.8) is 0 Å². The van der Waals surface area contributed by atoms with E-state index in [2.05, 4.69) is 5.32 Å². The predicted octanol–water partition coefficient (Wildman–Crippen LogP) is 2.05. The van der Waals surface area contributed by atoms with Gasteiger partial charge in [-0.25, -0.2) is 0 Å². The highest BCUT2D eigenvalue weighted by Gasteiger charge is 2.20. The van der Waals surface area contributed by atoms with Crippen molar-refractivity contribution in [3.05, 3.63) is 0 Å². The largest absolute Gasteiger partial charge is 0.363 e. The van der Waals surface area contributed by atoms with Crippen molar-refractivity contribution in [2.75, 3.05) is 6.61 Å². The summed E-state index contributed by atoms with van der Waals surface area (Å²) in [6, 6.07) is 0.757. The molecule has 70 valence electrons. The third-order valence-corrected chi connectivity index (χ3v) is 2.96. The zero-order valence-corrected chi connectivity index (χ0v) is 7.72. The van der Waals surface area contributed by atoms with Crippen LogP contribution >= 0.6 is 0 Å². The summed E-state index contributed by atoms with van der Waals surface area (Å²) in [6.07, 6.45) is 9.72. The second-order valence-corrected chi connectivity index (χ2v) is 4.00. The van der Waals surface area contributed by atoms with Crippen LogP contribution in [0.15, 0.2) is 0 Å². The van der Waals surface area contributed by atoms with Crippen molar-refractivity contribution >= 4 is 0 Å². The molecule has 0 aromatic heterocycles. The molecule has 1 saturated carbocycles. The van der Waals surface area contributed by atoms with E-state index in [1.54, 1.807) is 0 Å². The lowest BCUT2D eigenvalue weighted by atomic mass is 10.1. The molecular formula is C10H19NO. The molecule has 0 aromatic carbocycles. The molecule has 2 aliphatic rings. The van der Waals surface area contributed by atoms with E-state index in [-0.39, 0.29) is 0 Å². The van der Waals surface area contributed by atoms with Gasteiger partial charge in [0.15, 0.2) is 0 Å². The third kappa shape index (κ3) is 2.20. The number of ether oxygens (including phenoxy) is 1. The van der Waals surface area contributed by atoms with Crippen LogP contribution in [0.3, 0.4) is 0 Å². The molecule has 0 aromatic rings. The maximum absolute atomic E-state index is 5.63. The van der Waals surface area contributed by atoms with E-state index in [0.717, 1.165) is 12.6 Å². The van der Waals surface area contributed by atoms with E-state index < -0.39 is 0 Å². The van der Waals surface area contributed by atoms with E-state index in [1.165, 1.54) is 44.9 Å². The van der Waals surface area contributed by atoms with Crippen molar-refractivity contribution < 1.29 is 4.74 Å². The van der Waals surface area contributed by atoms with Gasteiger partial charge in [0.25, 0.3) is 0 Å². The SMILES string of the molecule is C1CCC(NC2CCCC2)OC1. The van der Waals surface area contributed by atoms with Crippen LogP contribution in [-0.2, 0) is 4.74 Å². The van der Waals surface area contributed by atoms with Gasteiger partial charge in [-0.15, -0.1) is 0 Å². The molecule has 2 rings (SSSR count). The molecule has 1 saturated heterocycles. The average Bonchev–Trinajstić information content (AvgIpc) is 2.59. The van der Waals surface area contributed by atoms with Gasteiger partial charge in [0.05, 0.1) is 0 Å². The van der Waals surface area contributed by atoms with Crippen LogP contribution in [0.1, 0.15) is 44.9 Å². The van der Waals surface area contributed by atoms with Gasteiger partial charge in [-0.2, -0.15) is 0 Å². The second-order valence-electron chi connectivity index (χ2n) is 4.00. The summed E-state index contributed by atoms with van der Waals surface area (Å²) in [7, 11) is 0. The first kappa shape index (κ1) is 8.52. The Bertz CT molecular complexity index is 126. The predicted molar refractivity (Wildman–Crippen MR) is 49.0 cm³/mol. The molecule has 0 amide bonds. The lowest BCUT2D eigenvalue weighted by Crippen LogP contribution is -2.40. The van der Waals surface area contributed by atoms with Crippen LogP contribution < -0.4 is 5.32 Å². The fraction of sp³-hybridized carbons (Fsp3) is 1.00. The fourth-order valence-electron chi connectivity index (χ4n) is 2.23. The zero-order valence-electron chi connectivity index (χ0n) is 7.72. The molecule has 12 heavy (non-hydrogen) atoms. The minimum Gasteiger partial charge on any atom is -0.363 e. The molecule has 0 bridgehead atoms. The maximum atomic E-state index is 5.63. The highest BCUT2D eigenvalue weighted by atomic mass is 16.5. The maximum Gasteiger partial charge on any atom is 0.108 e. The molecule has 2 fully saturated rings. The van der Waals surface area contributed by atoms with Crippen LogP contribution in [0.25, 0.3) is 0 Å². The standard InChI is InChI=1S/C10H19NO/c1-2-6-9(5-1)11-10-7-3-4-8-12-10/h9-11H,1-8H2. The Balaban J connectivity index is 1.69. The lowest BCUT2D eigenvalue weighted by molar-refractivity contribution is -0.0119. The average molecular weight is 169 g/mol. The molecule has 1 atom stereocenters. The van der Waals surface area contributed by atoms with E-state index >= 15 is 0 Å². The van der Waals surface area contributed by atoms with Gasteiger partial charge in [-0.3, -0.25) is 5.32 Å². The summed E-state index contributed by atoms with van der Waals surface area (Å²) < 4.78 is 5.63. The first-order valence-electron chi connectivity index (χ1n) is 5.33. The second kappa shape index (κ2) is 4.24. The van der Waals surface area contributed by atoms with Crippen LogP contribution in [0.5, 0.6) is 0 Å². The van der Waals surface area contributed by atoms with E-state index in [0.29, 0.717) is 6.23 Å². The minimum atomic E-state index is 0.377. The molecule has 1 heterocycles. The van der Waals surface area contributed by atoms with Gasteiger partial charge in [0.2, 0.25) is 0 Å². The van der Waals surface area contributed by atoms with Crippen molar-refractivity contribution in [3.8, 4) is 0 Å². The zero-order chi connectivity index (χ0) is 8.23. The Labute approximate surface area is 74.7 Å². The topological polar surface area (TPSA) is 21.3 Å². The number of hydrogen-bond acceptors (Lipinski definition) is 2. The first-order chi connectivity index (χ1) is 5.95. The smallest absolute Gasteiger partial charge is 0.108 e. The van der Waals surface area contributed by atoms with E-state index in [4.69, 9.17) is 4.74 Å². The molecule has 1 aliphatic carbocycles. The summed E-state index contributed by atoms with van der Waals surface area (Å²) >= 11 is 0. The highest BCUT2D eigenvalue weighted by molar-refractivity contribution is 4.76. The van der Waals surface area contributed by atoms with Crippen LogP contribution in [0, 0.1) is 0 Å². The van der Waals surface area contributed by atoms with Crippen LogP contribution in [-0.4, -0.2) is 18.9 Å². The number of rotatable bonds is 2. The summed E-state index contributed by atoms with van der Waals surface area (Å²) in [5.41, 5.74) is 0. The quantitative estimate of drug-likeness (QED) is 0.683. The number of hydrogen-bond donors (Lipinski definition) is 1.